The molecule has 0 atom stereocenters. The second-order valence-electron chi connectivity index (χ2n) is 2.72. The molecule has 0 aliphatic rings. The van der Waals surface area contributed by atoms with Gasteiger partial charge in [0.2, 0.25) is 5.82 Å². The van der Waals surface area contributed by atoms with Crippen LogP contribution in [0.5, 0.6) is 0 Å². The Balaban J connectivity index is 3.22. The lowest BCUT2D eigenvalue weighted by atomic mass is 10.3. The zero-order chi connectivity index (χ0) is 10.2. The van der Waals surface area contributed by atoms with E-state index in [1.54, 1.807) is 0 Å². The number of alkyl halides is 2. The lowest BCUT2D eigenvalue weighted by molar-refractivity contribution is 0.00960. The number of aromatic nitrogens is 2. The minimum Gasteiger partial charge on any atom is -0.475 e. The zero-order valence-corrected chi connectivity index (χ0v) is 7.08. The number of rotatable bonds is 2. The molecule has 0 amide bonds. The molecule has 0 aromatic carbocycles. The highest BCUT2D eigenvalue weighted by molar-refractivity contribution is 5.83. The van der Waals surface area contributed by atoms with Crippen LogP contribution in [0.15, 0.2) is 6.20 Å². The first-order chi connectivity index (χ1) is 5.84. The van der Waals surface area contributed by atoms with Crippen LogP contribution in [0.1, 0.15) is 23.2 Å². The molecule has 0 spiro atoms. The van der Waals surface area contributed by atoms with Crippen LogP contribution in [-0.4, -0.2) is 20.6 Å². The molecule has 0 radical (unpaired) electrons. The van der Waals surface area contributed by atoms with Crippen LogP contribution in [0.25, 0.3) is 0 Å². The van der Waals surface area contributed by atoms with Crippen molar-refractivity contribution in [2.24, 2.45) is 7.05 Å². The van der Waals surface area contributed by atoms with E-state index in [0.717, 1.165) is 10.8 Å². The number of hydrogen-bond donors (Lipinski definition) is 1. The topological polar surface area (TPSA) is 55.1 Å². The summed E-state index contributed by atoms with van der Waals surface area (Å²) in [6.45, 7) is 0.690. The van der Waals surface area contributed by atoms with E-state index in [4.69, 9.17) is 5.11 Å². The third-order valence-electron chi connectivity index (χ3n) is 1.63. The van der Waals surface area contributed by atoms with Crippen molar-refractivity contribution in [3.8, 4) is 0 Å². The zero-order valence-electron chi connectivity index (χ0n) is 7.08. The molecule has 1 N–H and O–H groups in total. The van der Waals surface area contributed by atoms with Crippen molar-refractivity contribution in [1.29, 1.82) is 0 Å². The Labute approximate surface area is 72.8 Å². The van der Waals surface area contributed by atoms with Crippen molar-refractivity contribution in [2.45, 2.75) is 12.8 Å². The van der Waals surface area contributed by atoms with Gasteiger partial charge in [-0.3, -0.25) is 0 Å². The normalized spacial score (nSPS) is 11.7. The molecule has 13 heavy (non-hydrogen) atoms. The minimum atomic E-state index is -3.07. The maximum absolute atomic E-state index is 12.7. The number of imidazole rings is 1. The summed E-state index contributed by atoms with van der Waals surface area (Å²) >= 11 is 0. The Bertz CT molecular complexity index is 341. The van der Waals surface area contributed by atoms with Crippen LogP contribution in [0, 0.1) is 0 Å². The number of aromatic carboxylic acids is 1. The maximum atomic E-state index is 12.7. The quantitative estimate of drug-likeness (QED) is 0.763. The summed E-state index contributed by atoms with van der Waals surface area (Å²) in [5.74, 6) is -4.79. The summed E-state index contributed by atoms with van der Waals surface area (Å²) in [6.07, 6.45) is 0.865. The van der Waals surface area contributed by atoms with E-state index in [9.17, 15) is 13.6 Å². The van der Waals surface area contributed by atoms with Crippen LogP contribution in [0.4, 0.5) is 8.78 Å². The van der Waals surface area contributed by atoms with Crippen LogP contribution < -0.4 is 0 Å². The van der Waals surface area contributed by atoms with Gasteiger partial charge >= 0.3 is 5.97 Å². The second kappa shape index (κ2) is 2.79. The first kappa shape index (κ1) is 9.63. The molecule has 0 saturated carbocycles. The average Bonchev–Trinajstić information content (AvgIpc) is 2.28. The molecule has 1 heterocycles. The molecule has 1 aromatic rings. The molecule has 4 nitrogen and oxygen atoms in total. The highest BCUT2D eigenvalue weighted by atomic mass is 19.3. The third kappa shape index (κ3) is 1.66. The van der Waals surface area contributed by atoms with Crippen molar-refractivity contribution >= 4 is 5.97 Å². The van der Waals surface area contributed by atoms with Crippen molar-refractivity contribution in [2.75, 3.05) is 0 Å². The van der Waals surface area contributed by atoms with Gasteiger partial charge in [0.25, 0.3) is 5.92 Å². The van der Waals surface area contributed by atoms with Gasteiger partial charge < -0.3 is 9.67 Å². The largest absolute Gasteiger partial charge is 0.475 e. The fourth-order valence-electron chi connectivity index (χ4n) is 1.02. The number of carboxylic acids is 1. The molecule has 0 aliphatic heterocycles. The molecule has 0 unspecified atom stereocenters. The molecule has 72 valence electrons. The average molecular weight is 190 g/mol. The number of halogens is 2. The number of carbonyl (C=O) groups is 1. The van der Waals surface area contributed by atoms with E-state index in [1.807, 2.05) is 0 Å². The summed E-state index contributed by atoms with van der Waals surface area (Å²) < 4.78 is 26.3. The Morgan fingerprint density at radius 1 is 1.69 bits per heavy atom. The SMILES string of the molecule is Cn1c(C(C)(F)F)cnc1C(=O)O. The number of hydrogen-bond acceptors (Lipinski definition) is 2. The third-order valence-corrected chi connectivity index (χ3v) is 1.63. The first-order valence-electron chi connectivity index (χ1n) is 3.47. The van der Waals surface area contributed by atoms with Crippen molar-refractivity contribution < 1.29 is 18.7 Å². The number of carboxylic acid groups (broad SMARTS) is 1. The monoisotopic (exact) mass is 190 g/mol. The Hall–Kier alpha value is -1.46. The fraction of sp³-hybridized carbons (Fsp3) is 0.429. The Kier molecular flexibility index (Phi) is 2.07. The van der Waals surface area contributed by atoms with E-state index in [-0.39, 0.29) is 0 Å². The second-order valence-corrected chi connectivity index (χ2v) is 2.72. The van der Waals surface area contributed by atoms with E-state index in [2.05, 4.69) is 4.98 Å². The summed E-state index contributed by atoms with van der Waals surface area (Å²) in [7, 11) is 1.24. The number of nitrogens with zero attached hydrogens (tertiary/aromatic N) is 2. The molecular weight excluding hydrogens is 182 g/mol. The molecule has 0 fully saturated rings. The van der Waals surface area contributed by atoms with Crippen molar-refractivity contribution in [3.05, 3.63) is 17.7 Å². The molecule has 0 saturated heterocycles. The molecule has 0 bridgehead atoms. The van der Waals surface area contributed by atoms with Gasteiger partial charge in [0.15, 0.2) is 0 Å². The minimum absolute atomic E-state index is 0.392. The van der Waals surface area contributed by atoms with Gasteiger partial charge in [-0.1, -0.05) is 0 Å². The predicted molar refractivity (Wildman–Crippen MR) is 39.7 cm³/mol. The van der Waals surface area contributed by atoms with E-state index in [0.29, 0.717) is 6.92 Å². The van der Waals surface area contributed by atoms with Gasteiger partial charge in [0.05, 0.1) is 6.20 Å². The van der Waals surface area contributed by atoms with Crippen LogP contribution in [0.3, 0.4) is 0 Å². The lowest BCUT2D eigenvalue weighted by Gasteiger charge is -2.10. The highest BCUT2D eigenvalue weighted by Crippen LogP contribution is 2.26. The van der Waals surface area contributed by atoms with Gasteiger partial charge in [-0.05, 0) is 0 Å². The summed E-state index contributed by atoms with van der Waals surface area (Å²) in [5.41, 5.74) is -0.412. The van der Waals surface area contributed by atoms with E-state index >= 15 is 0 Å². The van der Waals surface area contributed by atoms with Gasteiger partial charge in [0.1, 0.15) is 5.69 Å². The molecule has 1 rings (SSSR count). The fourth-order valence-corrected chi connectivity index (χ4v) is 1.02. The molecule has 1 aromatic heterocycles. The van der Waals surface area contributed by atoms with E-state index in [1.165, 1.54) is 7.05 Å². The Morgan fingerprint density at radius 2 is 2.23 bits per heavy atom. The molecule has 6 heteroatoms. The molecular formula is C7H8F2N2O2. The smallest absolute Gasteiger partial charge is 0.372 e. The van der Waals surface area contributed by atoms with Crippen LogP contribution >= 0.6 is 0 Å². The van der Waals surface area contributed by atoms with Crippen molar-refractivity contribution in [3.63, 3.8) is 0 Å². The van der Waals surface area contributed by atoms with Gasteiger partial charge in [-0.15, -0.1) is 0 Å². The highest BCUT2D eigenvalue weighted by Gasteiger charge is 2.30. The van der Waals surface area contributed by atoms with Crippen LogP contribution in [-0.2, 0) is 13.0 Å². The summed E-state index contributed by atoms with van der Waals surface area (Å²) in [4.78, 5) is 13.8. The van der Waals surface area contributed by atoms with Crippen molar-refractivity contribution in [1.82, 2.24) is 9.55 Å². The van der Waals surface area contributed by atoms with Gasteiger partial charge in [-0.2, -0.15) is 8.78 Å². The Morgan fingerprint density at radius 3 is 2.46 bits per heavy atom. The summed E-state index contributed by atoms with van der Waals surface area (Å²) in [5, 5.41) is 8.52. The van der Waals surface area contributed by atoms with Crippen LogP contribution in [0.2, 0.25) is 0 Å². The lowest BCUT2D eigenvalue weighted by Crippen LogP contribution is -2.15. The molecule has 0 aliphatic carbocycles. The standard InChI is InChI=1S/C7H8F2N2O2/c1-7(8,9)4-3-10-5(6(12)13)11(4)2/h3H,1-2H3,(H,12,13). The van der Waals surface area contributed by atoms with E-state index < -0.39 is 23.4 Å². The summed E-state index contributed by atoms with van der Waals surface area (Å²) in [6, 6.07) is 0. The first-order valence-corrected chi connectivity index (χ1v) is 3.47. The maximum Gasteiger partial charge on any atom is 0.372 e. The van der Waals surface area contributed by atoms with Gasteiger partial charge in [0, 0.05) is 14.0 Å². The van der Waals surface area contributed by atoms with Gasteiger partial charge in [-0.25, -0.2) is 9.78 Å². The predicted octanol–water partition coefficient (Wildman–Crippen LogP) is 1.23.